The van der Waals surface area contributed by atoms with Crippen molar-refractivity contribution in [3.05, 3.63) is 343 Å². The van der Waals surface area contributed by atoms with E-state index in [9.17, 15) is 8.78 Å². The summed E-state index contributed by atoms with van der Waals surface area (Å²) in [6.45, 7) is 0.850. The molecule has 0 bridgehead atoms. The zero-order valence-corrected chi connectivity index (χ0v) is 52.9. The van der Waals surface area contributed by atoms with E-state index in [0.717, 1.165) is 95.2 Å². The van der Waals surface area contributed by atoms with E-state index in [4.69, 9.17) is 18.9 Å². The van der Waals surface area contributed by atoms with Crippen LogP contribution in [0.15, 0.2) is 310 Å². The summed E-state index contributed by atoms with van der Waals surface area (Å²) in [5.41, 5.74) is 17.1. The molecule has 0 spiro atoms. The van der Waals surface area contributed by atoms with E-state index in [0.29, 0.717) is 28.7 Å². The fourth-order valence-electron chi connectivity index (χ4n) is 14.4. The molecule has 0 atom stereocenters. The van der Waals surface area contributed by atoms with E-state index in [-0.39, 0.29) is 32.0 Å². The first-order valence-corrected chi connectivity index (χ1v) is 32.8. The first-order chi connectivity index (χ1) is 48.4. The molecule has 0 aliphatic rings. The number of halogens is 2. The van der Waals surface area contributed by atoms with Gasteiger partial charge >= 0.3 is 0 Å². The molecule has 0 amide bonds. The summed E-state index contributed by atoms with van der Waals surface area (Å²) in [4.78, 5) is 4.33. The van der Waals surface area contributed by atoms with Crippen LogP contribution >= 0.6 is 0 Å². The molecule has 0 saturated carbocycles. The van der Waals surface area contributed by atoms with Crippen LogP contribution in [0.2, 0.25) is 0 Å². The van der Waals surface area contributed by atoms with Gasteiger partial charge in [0.05, 0.1) is 49.8 Å². The molecule has 13 aromatic carbocycles. The third-order valence-electron chi connectivity index (χ3n) is 18.7. The van der Waals surface area contributed by atoms with Crippen LogP contribution in [0.3, 0.4) is 0 Å². The lowest BCUT2D eigenvalue weighted by molar-refractivity contribution is 0.281. The predicted molar refractivity (Wildman–Crippen MR) is 390 cm³/mol. The summed E-state index contributed by atoms with van der Waals surface area (Å²) < 4.78 is 64.9. The fourth-order valence-corrected chi connectivity index (χ4v) is 14.4. The molecule has 0 N–H and O–H groups in total. The Morgan fingerprint density at radius 3 is 0.878 bits per heavy atom. The normalized spacial score (nSPS) is 11.7. The number of nitrogens with zero attached hydrogens (tertiary/aromatic N) is 5. The van der Waals surface area contributed by atoms with Gasteiger partial charge in [-0.25, -0.2) is 8.78 Å². The average Bonchev–Trinajstić information content (AvgIpc) is 1.61. The summed E-state index contributed by atoms with van der Waals surface area (Å²) in [6.07, 6.45) is 1.59. The first-order valence-electron chi connectivity index (χ1n) is 32.8. The van der Waals surface area contributed by atoms with Gasteiger partial charge in [-0.3, -0.25) is 4.98 Å². The molecule has 18 aromatic rings. The minimum Gasteiger partial charge on any atom is -0.489 e. The second-order valence-electron chi connectivity index (χ2n) is 24.8. The fraction of sp³-hybridized carbons (Fsp3) is 0.0460. The molecule has 0 fully saturated rings. The minimum absolute atomic E-state index is 0.190. The molecule has 0 radical (unpaired) electrons. The lowest BCUT2D eigenvalue weighted by Gasteiger charge is -2.18. The van der Waals surface area contributed by atoms with Gasteiger partial charge in [-0.1, -0.05) is 146 Å². The van der Waals surface area contributed by atoms with E-state index in [1.807, 2.05) is 42.5 Å². The van der Waals surface area contributed by atoms with E-state index in [2.05, 4.69) is 254 Å². The minimum atomic E-state index is -0.680. The van der Waals surface area contributed by atoms with Crippen molar-refractivity contribution in [2.75, 3.05) is 0 Å². The first kappa shape index (κ1) is 57.9. The van der Waals surface area contributed by atoms with Gasteiger partial charge in [0, 0.05) is 89.7 Å². The number of benzene rings is 13. The number of hydrogen-bond donors (Lipinski definition) is 0. The van der Waals surface area contributed by atoms with Gasteiger partial charge in [-0.2, -0.15) is 0 Å². The smallest absolute Gasteiger partial charge is 0.135 e. The Bertz CT molecular complexity index is 5370. The third kappa shape index (κ3) is 10.4. The number of pyridine rings is 1. The summed E-state index contributed by atoms with van der Waals surface area (Å²) in [6, 6.07) is 103. The molecular weight excluding hydrogens is 1220 g/mol. The van der Waals surface area contributed by atoms with Crippen molar-refractivity contribution < 1.29 is 27.7 Å². The Labute approximate surface area is 562 Å². The Kier molecular flexibility index (Phi) is 14.3. The van der Waals surface area contributed by atoms with Crippen molar-refractivity contribution in [2.24, 2.45) is 0 Å². The highest BCUT2D eigenvalue weighted by molar-refractivity contribution is 6.12. The van der Waals surface area contributed by atoms with Crippen molar-refractivity contribution in [1.29, 1.82) is 0 Å². The SMILES string of the molecule is Fc1ccc(-c2cc(COc3ccc(OCc4cc(OCc5cc(-n6c7ccccc7c7ccccc76)cc(-n6c7ccccc7c7ccccc76)c5)cc(OCc5cc(-n6c7ccccc7c7ccccc76)cc(-n6c7ccccc7c7ccccc76)c5)c4)cc3)ccn2)c(F)c1. The summed E-state index contributed by atoms with van der Waals surface area (Å²) in [5.74, 6) is 1.13. The van der Waals surface area contributed by atoms with Gasteiger partial charge in [0.15, 0.2) is 0 Å². The molecule has 470 valence electrons. The predicted octanol–water partition coefficient (Wildman–Crippen LogP) is 21.7. The van der Waals surface area contributed by atoms with Crippen LogP contribution in [0.25, 0.3) is 121 Å². The lowest BCUT2D eigenvalue weighted by atomic mass is 10.1. The monoisotopic (exact) mass is 1280 g/mol. The second-order valence-corrected chi connectivity index (χ2v) is 24.8. The Morgan fingerprint density at radius 1 is 0.255 bits per heavy atom. The topological polar surface area (TPSA) is 69.5 Å². The van der Waals surface area contributed by atoms with Crippen molar-refractivity contribution in [3.63, 3.8) is 0 Å². The number of aromatic nitrogens is 5. The molecule has 18 rings (SSSR count). The molecule has 98 heavy (non-hydrogen) atoms. The highest BCUT2D eigenvalue weighted by Gasteiger charge is 2.21. The molecule has 0 unspecified atom stereocenters. The van der Waals surface area contributed by atoms with Crippen molar-refractivity contribution in [2.45, 2.75) is 26.4 Å². The number of hydrogen-bond acceptors (Lipinski definition) is 5. The molecular formula is C87H59F2N5O4. The highest BCUT2D eigenvalue weighted by atomic mass is 19.1. The number of ether oxygens (including phenoxy) is 4. The van der Waals surface area contributed by atoms with Gasteiger partial charge in [0.1, 0.15) is 61.1 Å². The quantitative estimate of drug-likeness (QED) is 0.0909. The van der Waals surface area contributed by atoms with Crippen molar-refractivity contribution >= 4 is 87.2 Å². The van der Waals surface area contributed by atoms with Crippen LogP contribution in [0, 0.1) is 11.6 Å². The van der Waals surface area contributed by atoms with Gasteiger partial charge in [-0.15, -0.1) is 0 Å². The van der Waals surface area contributed by atoms with Crippen molar-refractivity contribution in [1.82, 2.24) is 23.3 Å². The zero-order valence-electron chi connectivity index (χ0n) is 52.9. The van der Waals surface area contributed by atoms with Crippen LogP contribution in [-0.2, 0) is 26.4 Å². The molecule has 9 nitrogen and oxygen atoms in total. The van der Waals surface area contributed by atoms with E-state index in [1.165, 1.54) is 55.2 Å². The Hall–Kier alpha value is -12.7. The molecule has 0 saturated heterocycles. The number of para-hydroxylation sites is 8. The van der Waals surface area contributed by atoms with Gasteiger partial charge in [0.25, 0.3) is 0 Å². The van der Waals surface area contributed by atoms with Crippen LogP contribution in [0.5, 0.6) is 23.0 Å². The Morgan fingerprint density at radius 2 is 0.551 bits per heavy atom. The van der Waals surface area contributed by atoms with E-state index >= 15 is 0 Å². The van der Waals surface area contributed by atoms with Gasteiger partial charge in [0.2, 0.25) is 0 Å². The zero-order chi connectivity index (χ0) is 65.2. The molecule has 0 aliphatic carbocycles. The van der Waals surface area contributed by atoms with E-state index < -0.39 is 11.6 Å². The summed E-state index contributed by atoms with van der Waals surface area (Å²) in [7, 11) is 0. The van der Waals surface area contributed by atoms with Crippen molar-refractivity contribution in [3.8, 4) is 57.0 Å². The molecule has 0 aliphatic heterocycles. The maximum Gasteiger partial charge on any atom is 0.135 e. The summed E-state index contributed by atoms with van der Waals surface area (Å²) in [5, 5.41) is 9.44. The second kappa shape index (κ2) is 24.2. The average molecular weight is 1280 g/mol. The van der Waals surface area contributed by atoms with Crippen LogP contribution in [-0.4, -0.2) is 23.3 Å². The number of fused-ring (bicyclic) bond motifs is 12. The maximum atomic E-state index is 14.7. The lowest BCUT2D eigenvalue weighted by Crippen LogP contribution is -2.05. The highest BCUT2D eigenvalue weighted by Crippen LogP contribution is 2.40. The van der Waals surface area contributed by atoms with E-state index in [1.54, 1.807) is 18.3 Å². The van der Waals surface area contributed by atoms with Gasteiger partial charge < -0.3 is 37.2 Å². The van der Waals surface area contributed by atoms with Crippen LogP contribution < -0.4 is 18.9 Å². The standard InChI is InChI=1S/C87H59F2N5O4/c88-60-33-38-77(78(89)48-60)79-47-56(39-40-90-79)52-95-65-34-36-66(37-35-65)96-55-59-45-67(97-53-57-41-61(91-80-25-9-1-17-69(80)70-18-2-10-26-81(70)91)49-62(42-57)92-82-27-11-3-19-71(82)72-20-4-12-28-83(72)92)51-68(46-59)98-54-58-43-63(93-84-29-13-5-21-73(84)74-22-6-14-30-85(74)93)50-64(44-58)94-86-31-15-7-23-75(86)76-24-8-16-32-87(76)94/h1-51H,52-55H2. The molecule has 5 aromatic heterocycles. The largest absolute Gasteiger partial charge is 0.489 e. The summed E-state index contributed by atoms with van der Waals surface area (Å²) >= 11 is 0. The van der Waals surface area contributed by atoms with Crippen LogP contribution in [0.1, 0.15) is 22.3 Å². The maximum absolute atomic E-state index is 14.7. The third-order valence-corrected chi connectivity index (χ3v) is 18.7. The van der Waals surface area contributed by atoms with Gasteiger partial charge in [-0.05, 0) is 168 Å². The number of rotatable bonds is 17. The Balaban J connectivity index is 0.712. The van der Waals surface area contributed by atoms with Crippen LogP contribution in [0.4, 0.5) is 8.78 Å². The molecule has 11 heteroatoms. The molecule has 5 heterocycles.